The van der Waals surface area contributed by atoms with E-state index >= 15 is 0 Å². The fourth-order valence-electron chi connectivity index (χ4n) is 5.95. The fourth-order valence-corrected chi connectivity index (χ4v) is 5.95. The van der Waals surface area contributed by atoms with E-state index in [-0.39, 0.29) is 20.4 Å². The minimum atomic E-state index is -2.83. The zero-order chi connectivity index (χ0) is 29.7. The molecule has 0 radical (unpaired) electrons. The normalized spacial score (nSPS) is 17.4. The number of carbonyl (C=O) groups excluding carboxylic acids is 1. The summed E-state index contributed by atoms with van der Waals surface area (Å²) in [6, 6.07) is 12.7. The quantitative estimate of drug-likeness (QED) is 0.207. The van der Waals surface area contributed by atoms with Gasteiger partial charge in [0.25, 0.3) is 11.8 Å². The maximum absolute atomic E-state index is 13.6. The third-order valence-corrected chi connectivity index (χ3v) is 8.41. The molecule has 1 fully saturated rings. The summed E-state index contributed by atoms with van der Waals surface area (Å²) in [5.41, 5.74) is 9.21. The highest BCUT2D eigenvalue weighted by Gasteiger charge is 2.26. The lowest BCUT2D eigenvalue weighted by Gasteiger charge is -2.32. The molecule has 3 heterocycles. The summed E-state index contributed by atoms with van der Waals surface area (Å²) in [5, 5.41) is 4.35. The number of aromatic nitrogens is 1. The lowest BCUT2D eigenvalue weighted by molar-refractivity contribution is 0.0174. The Kier molecular flexibility index (Phi) is 9.22. The average molecular weight is 575 g/mol. The molecule has 1 amide bonds. The van der Waals surface area contributed by atoms with E-state index in [9.17, 15) is 13.6 Å². The molecule has 2 aromatic carbocycles. The van der Waals surface area contributed by atoms with Gasteiger partial charge in [0.15, 0.2) is 0 Å². The number of hydrogen-bond donors (Lipinski definition) is 2. The molecule has 224 valence electrons. The van der Waals surface area contributed by atoms with E-state index in [0.717, 1.165) is 75.4 Å². The maximum Gasteiger partial charge on any atom is 0.270 e. The van der Waals surface area contributed by atoms with Gasteiger partial charge in [-0.25, -0.2) is 8.78 Å². The van der Waals surface area contributed by atoms with E-state index in [0.29, 0.717) is 12.1 Å². The predicted octanol–water partition coefficient (Wildman–Crippen LogP) is 7.37. The number of alkyl halides is 2. The molecule has 0 unspecified atom stereocenters. The van der Waals surface area contributed by atoms with Crippen LogP contribution in [-0.4, -0.2) is 52.9 Å². The standard InChI is InChI=1S/C35H40F2N4O.2H2/c1-4-6-7-8-25(5-2)22-40-18-15-29(16-19-40)38-34(42)27-11-14-32-30(21-27)31-24-41(20-17-33(31)39-32)23-26-9-12-28(13-10-26)35(3,36)37;;/h5-14,21,29,39H,1,15-20,22-24H2,2-3H3,(H,38,42);2*1H/b8-7-,25-5+;;. The maximum atomic E-state index is 13.6. The Morgan fingerprint density at radius 2 is 1.93 bits per heavy atom. The lowest BCUT2D eigenvalue weighted by atomic mass is 10.0. The predicted molar refractivity (Wildman–Crippen MR) is 170 cm³/mol. The average Bonchev–Trinajstić information content (AvgIpc) is 3.34. The van der Waals surface area contributed by atoms with E-state index in [4.69, 9.17) is 0 Å². The van der Waals surface area contributed by atoms with Crippen LogP contribution in [0, 0.1) is 0 Å². The number of nitrogens with zero attached hydrogens (tertiary/aromatic N) is 2. The van der Waals surface area contributed by atoms with Gasteiger partial charge in [0.05, 0.1) is 0 Å². The van der Waals surface area contributed by atoms with Crippen LogP contribution >= 0.6 is 0 Å². The highest BCUT2D eigenvalue weighted by Crippen LogP contribution is 2.30. The number of carbonyl (C=O) groups is 1. The number of likely N-dealkylation sites (tertiary alicyclic amines) is 1. The molecule has 0 atom stereocenters. The topological polar surface area (TPSA) is 51.4 Å². The van der Waals surface area contributed by atoms with Crippen molar-refractivity contribution in [1.82, 2.24) is 20.1 Å². The molecular weight excluding hydrogens is 530 g/mol. The molecule has 2 N–H and O–H groups in total. The van der Waals surface area contributed by atoms with Crippen LogP contribution in [0.15, 0.2) is 84.7 Å². The Bertz CT molecular complexity index is 1530. The summed E-state index contributed by atoms with van der Waals surface area (Å²) in [7, 11) is 0. The van der Waals surface area contributed by atoms with Crippen molar-refractivity contribution in [2.24, 2.45) is 0 Å². The first-order chi connectivity index (χ1) is 20.2. The minimum Gasteiger partial charge on any atom is -0.358 e. The van der Waals surface area contributed by atoms with Crippen LogP contribution in [-0.2, 0) is 25.4 Å². The first-order valence-electron chi connectivity index (χ1n) is 14.8. The molecule has 2 aliphatic heterocycles. The van der Waals surface area contributed by atoms with Gasteiger partial charge in [-0.05, 0) is 60.7 Å². The van der Waals surface area contributed by atoms with Crippen LogP contribution in [0.3, 0.4) is 0 Å². The summed E-state index contributed by atoms with van der Waals surface area (Å²) in [6.45, 7) is 11.7. The van der Waals surface area contributed by atoms with Crippen molar-refractivity contribution >= 4 is 16.8 Å². The summed E-state index contributed by atoms with van der Waals surface area (Å²) >= 11 is 0. The van der Waals surface area contributed by atoms with E-state index in [1.807, 2.05) is 30.4 Å². The van der Waals surface area contributed by atoms with Crippen molar-refractivity contribution in [3.63, 3.8) is 0 Å². The van der Waals surface area contributed by atoms with Crippen LogP contribution in [0.4, 0.5) is 8.78 Å². The second-order valence-corrected chi connectivity index (χ2v) is 11.5. The van der Waals surface area contributed by atoms with Crippen LogP contribution in [0.25, 0.3) is 10.9 Å². The highest BCUT2D eigenvalue weighted by molar-refractivity contribution is 5.99. The van der Waals surface area contributed by atoms with Crippen molar-refractivity contribution in [3.8, 4) is 0 Å². The molecule has 2 aliphatic rings. The van der Waals surface area contributed by atoms with Crippen LogP contribution < -0.4 is 5.32 Å². The van der Waals surface area contributed by atoms with E-state index in [1.54, 1.807) is 12.1 Å². The fraction of sp³-hybridized carbons (Fsp3) is 0.371. The second-order valence-electron chi connectivity index (χ2n) is 11.5. The largest absolute Gasteiger partial charge is 0.358 e. The van der Waals surface area contributed by atoms with Gasteiger partial charge in [-0.15, -0.1) is 5.73 Å². The van der Waals surface area contributed by atoms with Gasteiger partial charge < -0.3 is 10.3 Å². The number of benzene rings is 2. The third kappa shape index (κ3) is 7.16. The molecule has 0 saturated carbocycles. The number of halogens is 2. The molecule has 7 heteroatoms. The lowest BCUT2D eigenvalue weighted by Crippen LogP contribution is -2.45. The molecule has 0 aliphatic carbocycles. The van der Waals surface area contributed by atoms with Crippen LogP contribution in [0.1, 0.15) is 62.3 Å². The number of piperidine rings is 1. The van der Waals surface area contributed by atoms with E-state index in [2.05, 4.69) is 51.5 Å². The molecule has 0 bridgehead atoms. The first kappa shape index (κ1) is 29.7. The Morgan fingerprint density at radius 1 is 1.17 bits per heavy atom. The van der Waals surface area contributed by atoms with Crippen LogP contribution in [0.5, 0.6) is 0 Å². The third-order valence-electron chi connectivity index (χ3n) is 8.41. The smallest absolute Gasteiger partial charge is 0.270 e. The zero-order valence-corrected chi connectivity index (χ0v) is 24.6. The summed E-state index contributed by atoms with van der Waals surface area (Å²) in [6.07, 6.45) is 10.7. The van der Waals surface area contributed by atoms with Gasteiger partial charge in [0.2, 0.25) is 0 Å². The van der Waals surface area contributed by atoms with E-state index in [1.165, 1.54) is 29.0 Å². The van der Waals surface area contributed by atoms with Gasteiger partial charge in [-0.1, -0.05) is 49.1 Å². The number of allylic oxidation sites excluding steroid dienone is 3. The van der Waals surface area contributed by atoms with Gasteiger partial charge in [0, 0.05) is 89.2 Å². The van der Waals surface area contributed by atoms with Gasteiger partial charge in [-0.2, -0.15) is 0 Å². The van der Waals surface area contributed by atoms with Gasteiger partial charge in [0.1, 0.15) is 0 Å². The van der Waals surface area contributed by atoms with Crippen molar-refractivity contribution in [1.29, 1.82) is 0 Å². The molecular formula is C35H44F2N4O. The van der Waals surface area contributed by atoms with Crippen molar-refractivity contribution in [2.45, 2.75) is 58.2 Å². The van der Waals surface area contributed by atoms with Crippen LogP contribution in [0.2, 0.25) is 0 Å². The molecule has 1 saturated heterocycles. The number of amides is 1. The summed E-state index contributed by atoms with van der Waals surface area (Å²) in [5.74, 6) is -2.86. The Hall–Kier alpha value is -3.77. The molecule has 1 aromatic heterocycles. The first-order valence-corrected chi connectivity index (χ1v) is 14.8. The van der Waals surface area contributed by atoms with Gasteiger partial charge >= 0.3 is 0 Å². The Labute approximate surface area is 250 Å². The monoisotopic (exact) mass is 574 g/mol. The van der Waals surface area contributed by atoms with Crippen molar-refractivity contribution in [3.05, 3.63) is 113 Å². The molecule has 3 aromatic rings. The number of fused-ring (bicyclic) bond motifs is 3. The summed E-state index contributed by atoms with van der Waals surface area (Å²) in [4.78, 5) is 21.6. The SMILES string of the molecule is C=C=C/C=C\C(=C/C)CN1CCC(NC(=O)c2ccc3[nH]c4c(c3c2)CN(Cc2ccc(C(C)(F)F)cc2)CC4)CC1.[HH].[HH]. The molecule has 5 rings (SSSR count). The molecule has 5 nitrogen and oxygen atoms in total. The second kappa shape index (κ2) is 13.0. The minimum absolute atomic E-state index is 0. The number of hydrogen-bond acceptors (Lipinski definition) is 3. The number of H-pyrrole nitrogens is 1. The number of aromatic amines is 1. The van der Waals surface area contributed by atoms with Crippen molar-refractivity contribution < 1.29 is 16.4 Å². The Morgan fingerprint density at radius 3 is 2.62 bits per heavy atom. The number of nitrogens with one attached hydrogen (secondary N) is 2. The Balaban J connectivity index is 0.00000264. The zero-order valence-electron chi connectivity index (χ0n) is 24.6. The van der Waals surface area contributed by atoms with Gasteiger partial charge in [-0.3, -0.25) is 14.6 Å². The number of rotatable bonds is 9. The molecule has 0 spiro atoms. The molecule has 42 heavy (non-hydrogen) atoms. The highest BCUT2D eigenvalue weighted by atomic mass is 19.3. The van der Waals surface area contributed by atoms with Crippen molar-refractivity contribution in [2.75, 3.05) is 26.2 Å². The summed E-state index contributed by atoms with van der Waals surface area (Å²) < 4.78 is 27.2. The van der Waals surface area contributed by atoms with E-state index < -0.39 is 5.92 Å².